The van der Waals surface area contributed by atoms with Crippen molar-refractivity contribution in [2.45, 2.75) is 24.9 Å². The zero-order valence-electron chi connectivity index (χ0n) is 12.3. The van der Waals surface area contributed by atoms with Crippen molar-refractivity contribution in [1.82, 2.24) is 5.32 Å². The molecule has 0 unspecified atom stereocenters. The Labute approximate surface area is 133 Å². The summed E-state index contributed by atoms with van der Waals surface area (Å²) in [7, 11) is 0. The number of nitrogens with zero attached hydrogens (tertiary/aromatic N) is 1. The molecule has 0 spiro atoms. The maximum atomic E-state index is 11.6. The molecule has 2 aromatic rings. The van der Waals surface area contributed by atoms with E-state index in [4.69, 9.17) is 4.74 Å². The number of carbonyl (C=O) groups is 1. The Balaban J connectivity index is 1.85. The van der Waals surface area contributed by atoms with Crippen LogP contribution in [-0.2, 0) is 4.79 Å². The topological polar surface area (TPSA) is 81.5 Å². The first-order chi connectivity index (χ1) is 11.1. The number of carbonyl (C=O) groups excluding carboxylic acids is 1. The van der Waals surface area contributed by atoms with Crippen molar-refractivity contribution >= 4 is 5.91 Å². The molecule has 1 aliphatic heterocycles. The summed E-state index contributed by atoms with van der Waals surface area (Å²) in [6.45, 7) is 0. The first-order valence-corrected chi connectivity index (χ1v) is 7.39. The van der Waals surface area contributed by atoms with Gasteiger partial charge in [0.25, 0.3) is 0 Å². The van der Waals surface area contributed by atoms with E-state index in [1.54, 1.807) is 24.3 Å². The fourth-order valence-electron chi connectivity index (χ4n) is 2.72. The van der Waals surface area contributed by atoms with Crippen molar-refractivity contribution < 1.29 is 14.5 Å². The molecule has 0 aromatic heterocycles. The Morgan fingerprint density at radius 1 is 1.09 bits per heavy atom. The monoisotopic (exact) mass is 312 g/mol. The van der Waals surface area contributed by atoms with Crippen LogP contribution in [0, 0.1) is 10.1 Å². The van der Waals surface area contributed by atoms with Gasteiger partial charge in [0, 0.05) is 17.8 Å². The van der Waals surface area contributed by atoms with Gasteiger partial charge in [-0.3, -0.25) is 14.9 Å². The molecular weight excluding hydrogens is 296 g/mol. The van der Waals surface area contributed by atoms with Crippen LogP contribution in [0.5, 0.6) is 11.5 Å². The predicted octanol–water partition coefficient (Wildman–Crippen LogP) is 3.08. The van der Waals surface area contributed by atoms with Crippen LogP contribution in [0.4, 0.5) is 0 Å². The Bertz CT molecular complexity index is 718. The number of hydrogen-bond donors (Lipinski definition) is 1. The maximum Gasteiger partial charge on any atom is 0.237 e. The molecule has 1 amide bonds. The van der Waals surface area contributed by atoms with E-state index >= 15 is 0 Å². The van der Waals surface area contributed by atoms with E-state index in [0.717, 1.165) is 0 Å². The molecule has 6 nitrogen and oxygen atoms in total. The lowest BCUT2D eigenvalue weighted by Crippen LogP contribution is -2.45. The standard InChI is InChI=1S/C17H16N2O4/c20-16-10-9-15(19(21)22)17(18-16)12-5-4-8-14(11-12)23-13-6-2-1-3-7-13/h1-8,11,15,17H,9-10H2,(H,18,20)/t15-,17-/m0/s1. The summed E-state index contributed by atoms with van der Waals surface area (Å²) in [6.07, 6.45) is 0.426. The largest absolute Gasteiger partial charge is 0.457 e. The lowest BCUT2D eigenvalue weighted by Gasteiger charge is -2.27. The van der Waals surface area contributed by atoms with E-state index in [1.807, 2.05) is 30.3 Å². The van der Waals surface area contributed by atoms with Gasteiger partial charge in [0.15, 0.2) is 0 Å². The number of para-hydroxylation sites is 1. The van der Waals surface area contributed by atoms with Gasteiger partial charge < -0.3 is 10.1 Å². The summed E-state index contributed by atoms with van der Waals surface area (Å²) < 4.78 is 5.75. The van der Waals surface area contributed by atoms with Crippen molar-refractivity contribution in [3.63, 3.8) is 0 Å². The second kappa shape index (κ2) is 6.48. The quantitative estimate of drug-likeness (QED) is 0.695. The molecule has 0 bridgehead atoms. The van der Waals surface area contributed by atoms with Crippen molar-refractivity contribution in [2.75, 3.05) is 0 Å². The number of nitro groups is 1. The molecule has 118 valence electrons. The zero-order chi connectivity index (χ0) is 16.2. The lowest BCUT2D eigenvalue weighted by atomic mass is 9.92. The molecule has 1 N–H and O–H groups in total. The molecule has 3 rings (SSSR count). The third-order valence-corrected chi connectivity index (χ3v) is 3.84. The number of piperidine rings is 1. The van der Waals surface area contributed by atoms with Crippen molar-refractivity contribution in [2.24, 2.45) is 0 Å². The summed E-state index contributed by atoms with van der Waals surface area (Å²) in [5.74, 6) is 1.10. The highest BCUT2D eigenvalue weighted by Gasteiger charge is 2.38. The van der Waals surface area contributed by atoms with Crippen LogP contribution in [0.1, 0.15) is 24.4 Å². The molecule has 1 saturated heterocycles. The third-order valence-electron chi connectivity index (χ3n) is 3.84. The predicted molar refractivity (Wildman–Crippen MR) is 83.9 cm³/mol. The SMILES string of the molecule is O=C1CC[C@H]([N+](=O)[O-])[C@H](c2cccc(Oc3ccccc3)c2)N1. The van der Waals surface area contributed by atoms with Crippen molar-refractivity contribution in [1.29, 1.82) is 0 Å². The van der Waals surface area contributed by atoms with Gasteiger partial charge in [0.2, 0.25) is 11.9 Å². The van der Waals surface area contributed by atoms with Crippen LogP contribution in [0.2, 0.25) is 0 Å². The number of hydrogen-bond acceptors (Lipinski definition) is 4. The van der Waals surface area contributed by atoms with Crippen molar-refractivity contribution in [3.05, 3.63) is 70.3 Å². The molecule has 23 heavy (non-hydrogen) atoms. The summed E-state index contributed by atoms with van der Waals surface area (Å²) in [4.78, 5) is 22.5. The number of ether oxygens (including phenoxy) is 1. The fourth-order valence-corrected chi connectivity index (χ4v) is 2.72. The van der Waals surface area contributed by atoms with Gasteiger partial charge in [0.1, 0.15) is 17.5 Å². The van der Waals surface area contributed by atoms with Gasteiger partial charge in [-0.2, -0.15) is 0 Å². The molecule has 2 atom stereocenters. The first kappa shape index (κ1) is 15.0. The van der Waals surface area contributed by atoms with Crippen LogP contribution in [-0.4, -0.2) is 16.9 Å². The minimum atomic E-state index is -0.820. The Morgan fingerprint density at radius 2 is 1.83 bits per heavy atom. The Kier molecular flexibility index (Phi) is 4.23. The lowest BCUT2D eigenvalue weighted by molar-refractivity contribution is -0.529. The highest BCUT2D eigenvalue weighted by Crippen LogP contribution is 2.30. The summed E-state index contributed by atoms with van der Waals surface area (Å²) in [5.41, 5.74) is 0.674. The molecule has 0 radical (unpaired) electrons. The van der Waals surface area contributed by atoms with Gasteiger partial charge in [-0.15, -0.1) is 0 Å². The second-order valence-corrected chi connectivity index (χ2v) is 5.42. The van der Waals surface area contributed by atoms with Gasteiger partial charge in [-0.25, -0.2) is 0 Å². The number of rotatable bonds is 4. The van der Waals surface area contributed by atoms with Gasteiger partial charge in [-0.1, -0.05) is 30.3 Å². The van der Waals surface area contributed by atoms with E-state index in [2.05, 4.69) is 5.32 Å². The first-order valence-electron chi connectivity index (χ1n) is 7.39. The van der Waals surface area contributed by atoms with E-state index in [9.17, 15) is 14.9 Å². The summed E-state index contributed by atoms with van der Waals surface area (Å²) in [6, 6.07) is 14.9. The smallest absolute Gasteiger partial charge is 0.237 e. The Hall–Kier alpha value is -2.89. The van der Waals surface area contributed by atoms with Crippen molar-refractivity contribution in [3.8, 4) is 11.5 Å². The molecule has 1 fully saturated rings. The number of amides is 1. The van der Waals surface area contributed by atoms with Crippen LogP contribution < -0.4 is 10.1 Å². The maximum absolute atomic E-state index is 11.6. The molecule has 0 saturated carbocycles. The van der Waals surface area contributed by atoms with E-state index in [0.29, 0.717) is 17.1 Å². The highest BCUT2D eigenvalue weighted by molar-refractivity contribution is 5.77. The van der Waals surface area contributed by atoms with Gasteiger partial charge in [-0.05, 0) is 29.8 Å². The van der Waals surface area contributed by atoms with Crippen LogP contribution in [0.3, 0.4) is 0 Å². The van der Waals surface area contributed by atoms with Gasteiger partial charge in [0.05, 0.1) is 0 Å². The summed E-state index contributed by atoms with van der Waals surface area (Å²) >= 11 is 0. The van der Waals surface area contributed by atoms with E-state index in [-0.39, 0.29) is 23.7 Å². The molecule has 0 aliphatic carbocycles. The van der Waals surface area contributed by atoms with Crippen LogP contribution in [0.15, 0.2) is 54.6 Å². The third kappa shape index (κ3) is 3.48. The molecular formula is C17H16N2O4. The second-order valence-electron chi connectivity index (χ2n) is 5.42. The van der Waals surface area contributed by atoms with E-state index in [1.165, 1.54) is 0 Å². The number of benzene rings is 2. The normalized spacial score (nSPS) is 20.6. The molecule has 2 aromatic carbocycles. The van der Waals surface area contributed by atoms with Crippen LogP contribution in [0.25, 0.3) is 0 Å². The van der Waals surface area contributed by atoms with Crippen LogP contribution >= 0.6 is 0 Å². The molecule has 1 heterocycles. The molecule has 1 aliphatic rings. The summed E-state index contributed by atoms with van der Waals surface area (Å²) in [5, 5.41) is 14.0. The van der Waals surface area contributed by atoms with E-state index < -0.39 is 12.1 Å². The Morgan fingerprint density at radius 3 is 2.57 bits per heavy atom. The fraction of sp³-hybridized carbons (Fsp3) is 0.235. The zero-order valence-corrected chi connectivity index (χ0v) is 12.3. The molecule has 6 heteroatoms. The highest BCUT2D eigenvalue weighted by atomic mass is 16.6. The average molecular weight is 312 g/mol. The number of nitrogens with one attached hydrogen (secondary N) is 1. The minimum Gasteiger partial charge on any atom is -0.457 e. The minimum absolute atomic E-state index is 0.164. The average Bonchev–Trinajstić information content (AvgIpc) is 2.55. The van der Waals surface area contributed by atoms with Gasteiger partial charge >= 0.3 is 0 Å².